The number of nitrogens with one attached hydrogen (secondary N) is 1. The van der Waals surface area contributed by atoms with E-state index in [4.69, 9.17) is 5.73 Å². The van der Waals surface area contributed by atoms with Crippen LogP contribution in [0.1, 0.15) is 71.1 Å². The summed E-state index contributed by atoms with van der Waals surface area (Å²) in [4.78, 5) is 12.2. The van der Waals surface area contributed by atoms with Gasteiger partial charge in [-0.05, 0) is 37.5 Å². The van der Waals surface area contributed by atoms with Gasteiger partial charge in [0.05, 0.1) is 0 Å². The fraction of sp³-hybridized carbons (Fsp3) is 0.938. The number of hydrogen-bond donors (Lipinski definition) is 2. The molecule has 2 aliphatic rings. The monoisotopic (exact) mass is 266 g/mol. The lowest BCUT2D eigenvalue weighted by atomic mass is 9.82. The van der Waals surface area contributed by atoms with Crippen LogP contribution in [-0.4, -0.2) is 18.0 Å². The van der Waals surface area contributed by atoms with E-state index in [0.29, 0.717) is 18.4 Å². The number of rotatable bonds is 4. The quantitative estimate of drug-likeness (QED) is 0.822. The third-order valence-corrected chi connectivity index (χ3v) is 5.14. The largest absolute Gasteiger partial charge is 0.353 e. The van der Waals surface area contributed by atoms with Crippen molar-refractivity contribution in [1.82, 2.24) is 5.32 Å². The first-order valence-electron chi connectivity index (χ1n) is 8.24. The van der Waals surface area contributed by atoms with E-state index in [9.17, 15) is 4.79 Å². The average molecular weight is 266 g/mol. The lowest BCUT2D eigenvalue weighted by Crippen LogP contribution is -2.42. The Kier molecular flexibility index (Phi) is 5.68. The van der Waals surface area contributed by atoms with E-state index in [-0.39, 0.29) is 11.9 Å². The molecule has 4 atom stereocenters. The first-order valence-corrected chi connectivity index (χ1v) is 8.24. The topological polar surface area (TPSA) is 55.1 Å². The van der Waals surface area contributed by atoms with Crippen molar-refractivity contribution in [3.63, 3.8) is 0 Å². The van der Waals surface area contributed by atoms with Crippen molar-refractivity contribution in [2.24, 2.45) is 17.6 Å². The summed E-state index contributed by atoms with van der Waals surface area (Å²) in [6.45, 7) is 2.26. The van der Waals surface area contributed by atoms with Gasteiger partial charge < -0.3 is 11.1 Å². The number of carbonyl (C=O) groups is 1. The molecule has 1 amide bonds. The second-order valence-corrected chi connectivity index (χ2v) is 6.62. The van der Waals surface area contributed by atoms with E-state index in [2.05, 4.69) is 12.2 Å². The highest BCUT2D eigenvalue weighted by Gasteiger charge is 2.26. The summed E-state index contributed by atoms with van der Waals surface area (Å²) >= 11 is 0. The van der Waals surface area contributed by atoms with Crippen LogP contribution >= 0.6 is 0 Å². The maximum atomic E-state index is 12.2. The molecule has 3 nitrogen and oxygen atoms in total. The van der Waals surface area contributed by atoms with Crippen molar-refractivity contribution in [1.29, 1.82) is 0 Å². The Balaban J connectivity index is 1.74. The number of amides is 1. The molecular formula is C16H30N2O. The fourth-order valence-electron chi connectivity index (χ4n) is 3.81. The predicted molar refractivity (Wildman–Crippen MR) is 78.7 cm³/mol. The Hall–Kier alpha value is -0.570. The third-order valence-electron chi connectivity index (χ3n) is 5.14. The highest BCUT2D eigenvalue weighted by atomic mass is 16.1. The van der Waals surface area contributed by atoms with Crippen molar-refractivity contribution in [2.45, 2.75) is 83.2 Å². The molecule has 2 aliphatic carbocycles. The molecule has 110 valence electrons. The first kappa shape index (κ1) is 14.8. The molecule has 0 aromatic carbocycles. The maximum Gasteiger partial charge on any atom is 0.220 e. The van der Waals surface area contributed by atoms with Gasteiger partial charge in [-0.2, -0.15) is 0 Å². The summed E-state index contributed by atoms with van der Waals surface area (Å²) in [7, 11) is 0. The SMILES string of the molecule is CCC1CCCC(NC(=O)CC2CCCCC2N)C1. The van der Waals surface area contributed by atoms with E-state index in [1.807, 2.05) is 0 Å². The van der Waals surface area contributed by atoms with Crippen LogP contribution in [0.2, 0.25) is 0 Å². The minimum atomic E-state index is 0.240. The van der Waals surface area contributed by atoms with Crippen LogP contribution in [0, 0.1) is 11.8 Å². The Morgan fingerprint density at radius 1 is 1.16 bits per heavy atom. The normalized spacial score (nSPS) is 35.9. The van der Waals surface area contributed by atoms with Crippen LogP contribution in [0.5, 0.6) is 0 Å². The fourth-order valence-corrected chi connectivity index (χ4v) is 3.81. The minimum Gasteiger partial charge on any atom is -0.353 e. The van der Waals surface area contributed by atoms with Crippen LogP contribution in [-0.2, 0) is 4.79 Å². The van der Waals surface area contributed by atoms with Gasteiger partial charge in [0, 0.05) is 18.5 Å². The molecular weight excluding hydrogens is 236 g/mol. The number of nitrogens with two attached hydrogens (primary N) is 1. The van der Waals surface area contributed by atoms with Gasteiger partial charge in [0.2, 0.25) is 5.91 Å². The van der Waals surface area contributed by atoms with Gasteiger partial charge in [-0.3, -0.25) is 4.79 Å². The van der Waals surface area contributed by atoms with E-state index >= 15 is 0 Å². The smallest absolute Gasteiger partial charge is 0.220 e. The maximum absolute atomic E-state index is 12.2. The molecule has 0 aliphatic heterocycles. The van der Waals surface area contributed by atoms with Crippen molar-refractivity contribution < 1.29 is 4.79 Å². The van der Waals surface area contributed by atoms with Gasteiger partial charge in [0.1, 0.15) is 0 Å². The molecule has 19 heavy (non-hydrogen) atoms. The summed E-state index contributed by atoms with van der Waals surface area (Å²) in [5.41, 5.74) is 6.12. The van der Waals surface area contributed by atoms with E-state index in [0.717, 1.165) is 18.8 Å². The van der Waals surface area contributed by atoms with Crippen LogP contribution in [0.25, 0.3) is 0 Å². The number of carbonyl (C=O) groups excluding carboxylic acids is 1. The molecule has 0 heterocycles. The summed E-state index contributed by atoms with van der Waals surface area (Å²) in [5, 5.41) is 3.26. The van der Waals surface area contributed by atoms with Gasteiger partial charge in [0.25, 0.3) is 0 Å². The van der Waals surface area contributed by atoms with E-state index < -0.39 is 0 Å². The second kappa shape index (κ2) is 7.28. The molecule has 2 rings (SSSR count). The summed E-state index contributed by atoms with van der Waals surface area (Å²) in [6, 6.07) is 0.667. The molecule has 3 N–H and O–H groups in total. The van der Waals surface area contributed by atoms with Crippen LogP contribution in [0.4, 0.5) is 0 Å². The van der Waals surface area contributed by atoms with Crippen molar-refractivity contribution in [3.8, 4) is 0 Å². The number of hydrogen-bond acceptors (Lipinski definition) is 2. The molecule has 0 aromatic rings. The Labute approximate surface area is 117 Å². The summed E-state index contributed by atoms with van der Waals surface area (Å²) in [6.07, 6.45) is 11.6. The molecule has 0 bridgehead atoms. The van der Waals surface area contributed by atoms with Crippen LogP contribution in [0.15, 0.2) is 0 Å². The van der Waals surface area contributed by atoms with Crippen LogP contribution in [0.3, 0.4) is 0 Å². The highest BCUT2D eigenvalue weighted by Crippen LogP contribution is 2.28. The average Bonchev–Trinajstić information content (AvgIpc) is 2.41. The summed E-state index contributed by atoms with van der Waals surface area (Å²) < 4.78 is 0. The Bertz CT molecular complexity index is 292. The van der Waals surface area contributed by atoms with E-state index in [1.54, 1.807) is 0 Å². The van der Waals surface area contributed by atoms with Crippen molar-refractivity contribution >= 4 is 5.91 Å². The zero-order chi connectivity index (χ0) is 13.7. The zero-order valence-corrected chi connectivity index (χ0v) is 12.4. The lowest BCUT2D eigenvalue weighted by molar-refractivity contribution is -0.123. The second-order valence-electron chi connectivity index (χ2n) is 6.62. The standard InChI is InChI=1S/C16H30N2O/c1-2-12-6-5-8-14(10-12)18-16(19)11-13-7-3-4-9-15(13)17/h12-15H,2-11,17H2,1H3,(H,18,19). The van der Waals surface area contributed by atoms with Crippen LogP contribution < -0.4 is 11.1 Å². The highest BCUT2D eigenvalue weighted by molar-refractivity contribution is 5.76. The molecule has 2 saturated carbocycles. The molecule has 0 aromatic heterocycles. The van der Waals surface area contributed by atoms with E-state index in [1.165, 1.54) is 44.9 Å². The molecule has 0 saturated heterocycles. The zero-order valence-electron chi connectivity index (χ0n) is 12.4. The molecule has 0 spiro atoms. The molecule has 3 heteroatoms. The lowest BCUT2D eigenvalue weighted by Gasteiger charge is -2.31. The van der Waals surface area contributed by atoms with Gasteiger partial charge in [-0.15, -0.1) is 0 Å². The summed E-state index contributed by atoms with van der Waals surface area (Å²) in [5.74, 6) is 1.47. The molecule has 0 radical (unpaired) electrons. The molecule has 4 unspecified atom stereocenters. The third kappa shape index (κ3) is 4.48. The van der Waals surface area contributed by atoms with Gasteiger partial charge in [0.15, 0.2) is 0 Å². The van der Waals surface area contributed by atoms with Crippen molar-refractivity contribution in [2.75, 3.05) is 0 Å². The van der Waals surface area contributed by atoms with Gasteiger partial charge >= 0.3 is 0 Å². The minimum absolute atomic E-state index is 0.240. The Morgan fingerprint density at radius 3 is 2.68 bits per heavy atom. The predicted octanol–water partition coefficient (Wildman–Crippen LogP) is 2.98. The van der Waals surface area contributed by atoms with Gasteiger partial charge in [-0.25, -0.2) is 0 Å². The Morgan fingerprint density at radius 2 is 1.95 bits per heavy atom. The molecule has 2 fully saturated rings. The van der Waals surface area contributed by atoms with Crippen molar-refractivity contribution in [3.05, 3.63) is 0 Å². The first-order chi connectivity index (χ1) is 9.19. The van der Waals surface area contributed by atoms with Gasteiger partial charge in [-0.1, -0.05) is 39.0 Å².